The van der Waals surface area contributed by atoms with Crippen molar-refractivity contribution < 1.29 is 32.9 Å². The number of aliphatic hydroxyl groups excluding tert-OH is 1. The van der Waals surface area contributed by atoms with Crippen LogP contribution < -0.4 is 10.2 Å². The number of unbranched alkanes of at least 4 members (excludes halogenated alkanes) is 44. The second kappa shape index (κ2) is 60.1. The average molecular weight is 1120 g/mol. The van der Waals surface area contributed by atoms with Gasteiger partial charge in [-0.25, -0.2) is 0 Å². The number of hydrogen-bond donors (Lipinski definition) is 2. The Bertz CT molecular complexity index is 1410. The SMILES string of the molecule is CCCCCCC/C=C\C/C=C\C/C=C\CCCCCCCCCCCCCCCCC(=O)NC(COP(=O)([O-])OCC[N+](C)(C)C)C(O)/C=C/CCCCCCCCCCCCCCCCCCCCCCCCCCC. The number of nitrogens with zero attached hydrogens (tertiary/aromatic N) is 1. The quantitative estimate of drug-likeness (QED) is 0.0272. The first-order chi connectivity index (χ1) is 38.0. The Morgan fingerprint density at radius 1 is 0.449 bits per heavy atom. The smallest absolute Gasteiger partial charge is 0.268 e. The molecule has 78 heavy (non-hydrogen) atoms. The van der Waals surface area contributed by atoms with Crippen molar-refractivity contribution in [2.24, 2.45) is 0 Å². The number of carbonyl (C=O) groups excluding carboxylic acids is 1. The molecule has 0 saturated heterocycles. The predicted octanol–water partition coefficient (Wildman–Crippen LogP) is 20.8. The number of quaternary nitrogens is 1. The summed E-state index contributed by atoms with van der Waals surface area (Å²) >= 11 is 0. The van der Waals surface area contributed by atoms with Crippen molar-refractivity contribution in [1.29, 1.82) is 0 Å². The number of allylic oxidation sites excluding steroid dienone is 7. The summed E-state index contributed by atoms with van der Waals surface area (Å²) < 4.78 is 23.5. The van der Waals surface area contributed by atoms with Gasteiger partial charge in [-0.05, 0) is 57.8 Å². The second-order valence-electron chi connectivity index (χ2n) is 24.5. The fourth-order valence-electron chi connectivity index (χ4n) is 10.2. The number of nitrogens with one attached hydrogen (secondary N) is 1. The van der Waals surface area contributed by atoms with Gasteiger partial charge < -0.3 is 28.8 Å². The molecule has 9 heteroatoms. The minimum absolute atomic E-state index is 0.000765. The van der Waals surface area contributed by atoms with E-state index in [0.717, 1.165) is 51.4 Å². The molecule has 2 N–H and O–H groups in total. The third kappa shape index (κ3) is 62.1. The third-order valence-electron chi connectivity index (χ3n) is 15.5. The van der Waals surface area contributed by atoms with E-state index in [4.69, 9.17) is 9.05 Å². The van der Waals surface area contributed by atoms with Gasteiger partial charge >= 0.3 is 0 Å². The van der Waals surface area contributed by atoms with E-state index in [0.29, 0.717) is 17.4 Å². The molecule has 0 radical (unpaired) electrons. The maximum atomic E-state index is 13.0. The van der Waals surface area contributed by atoms with Crippen LogP contribution in [0.25, 0.3) is 0 Å². The summed E-state index contributed by atoms with van der Waals surface area (Å²) in [4.78, 5) is 25.6. The van der Waals surface area contributed by atoms with Crippen LogP contribution in [0, 0.1) is 0 Å². The topological polar surface area (TPSA) is 108 Å². The summed E-state index contributed by atoms with van der Waals surface area (Å²) in [5.74, 6) is -0.194. The zero-order chi connectivity index (χ0) is 57.0. The van der Waals surface area contributed by atoms with E-state index in [2.05, 4.69) is 55.6 Å². The highest BCUT2D eigenvalue weighted by Crippen LogP contribution is 2.38. The normalized spacial score (nSPS) is 14.0. The van der Waals surface area contributed by atoms with Gasteiger partial charge in [0.15, 0.2) is 0 Å². The molecular formula is C69H133N2O6P. The van der Waals surface area contributed by atoms with E-state index >= 15 is 0 Å². The molecule has 0 saturated carbocycles. The summed E-state index contributed by atoms with van der Waals surface area (Å²) in [6.45, 7) is 4.68. The van der Waals surface area contributed by atoms with Gasteiger partial charge in [0, 0.05) is 6.42 Å². The zero-order valence-electron chi connectivity index (χ0n) is 52.6. The summed E-state index contributed by atoms with van der Waals surface area (Å²) in [5.41, 5.74) is 0. The molecule has 0 spiro atoms. The second-order valence-corrected chi connectivity index (χ2v) is 25.9. The molecule has 0 aliphatic heterocycles. The van der Waals surface area contributed by atoms with E-state index < -0.39 is 20.0 Å². The van der Waals surface area contributed by atoms with Crippen LogP contribution in [0.1, 0.15) is 335 Å². The van der Waals surface area contributed by atoms with Crippen molar-refractivity contribution in [2.45, 2.75) is 347 Å². The number of hydrogen-bond acceptors (Lipinski definition) is 6. The van der Waals surface area contributed by atoms with Crippen LogP contribution in [0.15, 0.2) is 48.6 Å². The average Bonchev–Trinajstić information content (AvgIpc) is 3.41. The van der Waals surface area contributed by atoms with Crippen LogP contribution in [0.3, 0.4) is 0 Å². The Kier molecular flexibility index (Phi) is 58.9. The number of phosphoric ester groups is 1. The summed E-state index contributed by atoms with van der Waals surface area (Å²) in [6.07, 6.45) is 80.7. The Morgan fingerprint density at radius 2 is 0.744 bits per heavy atom. The number of likely N-dealkylation sites (N-methyl/N-ethyl adjacent to an activating group) is 1. The highest BCUT2D eigenvalue weighted by atomic mass is 31.2. The molecule has 0 rings (SSSR count). The van der Waals surface area contributed by atoms with E-state index in [1.54, 1.807) is 6.08 Å². The molecule has 0 aliphatic rings. The van der Waals surface area contributed by atoms with Crippen molar-refractivity contribution in [3.63, 3.8) is 0 Å². The van der Waals surface area contributed by atoms with Gasteiger partial charge in [0.05, 0.1) is 39.9 Å². The molecule has 1 amide bonds. The lowest BCUT2D eigenvalue weighted by atomic mass is 10.0. The molecule has 0 aromatic heterocycles. The van der Waals surface area contributed by atoms with Gasteiger partial charge in [-0.3, -0.25) is 9.36 Å². The molecule has 8 nitrogen and oxygen atoms in total. The predicted molar refractivity (Wildman–Crippen MR) is 339 cm³/mol. The first-order valence-electron chi connectivity index (χ1n) is 34.0. The lowest BCUT2D eigenvalue weighted by molar-refractivity contribution is -0.870. The van der Waals surface area contributed by atoms with Gasteiger partial charge in [0.1, 0.15) is 13.2 Å². The van der Waals surface area contributed by atoms with Crippen molar-refractivity contribution in [3.05, 3.63) is 48.6 Å². The van der Waals surface area contributed by atoms with E-state index in [9.17, 15) is 19.4 Å². The maximum absolute atomic E-state index is 13.0. The fraction of sp³-hybridized carbons (Fsp3) is 0.870. The molecule has 0 heterocycles. The van der Waals surface area contributed by atoms with Crippen LogP contribution in [0.5, 0.6) is 0 Å². The van der Waals surface area contributed by atoms with Gasteiger partial charge in [0.2, 0.25) is 5.91 Å². The molecule has 0 bridgehead atoms. The number of carbonyl (C=O) groups is 1. The van der Waals surface area contributed by atoms with Crippen LogP contribution >= 0.6 is 7.82 Å². The molecule has 0 aromatic carbocycles. The van der Waals surface area contributed by atoms with Crippen LogP contribution in [-0.4, -0.2) is 68.5 Å². The molecule has 0 aromatic rings. The number of aliphatic hydroxyl groups is 1. The lowest BCUT2D eigenvalue weighted by Gasteiger charge is -2.29. The number of phosphoric acid groups is 1. The van der Waals surface area contributed by atoms with E-state index in [-0.39, 0.29) is 19.1 Å². The standard InChI is InChI=1S/C69H133N2O6P/c1-6-8-10-12-14-16-18-20-22-24-26-28-30-32-34-35-37-39-41-43-45-47-49-51-53-55-57-59-61-63-69(73)70-67(66-77-78(74,75)76-65-64-71(3,4)5)68(72)62-60-58-56-54-52-50-48-46-44-42-40-38-36-33-31-29-27-25-23-21-19-17-15-13-11-9-7-2/h18,20,24,26,30,32,60,62,67-68,72H,6-17,19,21-23,25,27-29,31,33-59,61,63-66H2,1-5H3,(H-,70,73,74,75)/b20-18-,26-24-,32-30-,62-60+. The number of amides is 1. The highest BCUT2D eigenvalue weighted by molar-refractivity contribution is 7.45. The van der Waals surface area contributed by atoms with E-state index in [1.807, 2.05) is 27.2 Å². The Balaban J connectivity index is 4.09. The first-order valence-corrected chi connectivity index (χ1v) is 35.5. The Labute approximate surface area is 486 Å². The summed E-state index contributed by atoms with van der Waals surface area (Å²) in [7, 11) is 1.27. The zero-order valence-corrected chi connectivity index (χ0v) is 53.5. The largest absolute Gasteiger partial charge is 0.756 e. The third-order valence-corrected chi connectivity index (χ3v) is 16.5. The van der Waals surface area contributed by atoms with Crippen LogP contribution in [0.2, 0.25) is 0 Å². The molecule has 3 unspecified atom stereocenters. The van der Waals surface area contributed by atoms with Crippen molar-refractivity contribution in [1.82, 2.24) is 5.32 Å². The van der Waals surface area contributed by atoms with E-state index in [1.165, 1.54) is 263 Å². The summed E-state index contributed by atoms with van der Waals surface area (Å²) in [6, 6.07) is -0.889. The minimum atomic E-state index is -4.60. The molecular weight excluding hydrogens is 984 g/mol. The maximum Gasteiger partial charge on any atom is 0.268 e. The minimum Gasteiger partial charge on any atom is -0.756 e. The Hall–Kier alpha value is -1.54. The number of rotatable bonds is 63. The van der Waals surface area contributed by atoms with Gasteiger partial charge in [-0.2, -0.15) is 0 Å². The van der Waals surface area contributed by atoms with Crippen molar-refractivity contribution in [2.75, 3.05) is 40.9 Å². The molecule has 0 fully saturated rings. The van der Waals surface area contributed by atoms with Gasteiger partial charge in [0.25, 0.3) is 7.82 Å². The summed E-state index contributed by atoms with van der Waals surface area (Å²) in [5, 5.41) is 14.0. The lowest BCUT2D eigenvalue weighted by Crippen LogP contribution is -2.45. The molecule has 460 valence electrons. The fourth-order valence-corrected chi connectivity index (χ4v) is 10.9. The monoisotopic (exact) mass is 1120 g/mol. The van der Waals surface area contributed by atoms with Crippen LogP contribution in [0.4, 0.5) is 0 Å². The van der Waals surface area contributed by atoms with Crippen LogP contribution in [-0.2, 0) is 18.4 Å². The van der Waals surface area contributed by atoms with Crippen molar-refractivity contribution in [3.8, 4) is 0 Å². The van der Waals surface area contributed by atoms with Gasteiger partial charge in [-0.1, -0.05) is 319 Å². The van der Waals surface area contributed by atoms with Gasteiger partial charge in [-0.15, -0.1) is 0 Å². The molecule has 0 aliphatic carbocycles. The van der Waals surface area contributed by atoms with Crippen molar-refractivity contribution >= 4 is 13.7 Å². The first kappa shape index (κ1) is 76.5. The Morgan fingerprint density at radius 3 is 1.08 bits per heavy atom. The highest BCUT2D eigenvalue weighted by Gasteiger charge is 2.23. The molecule has 3 atom stereocenters.